The summed E-state index contributed by atoms with van der Waals surface area (Å²) in [6, 6.07) is 11.2. The molecule has 0 radical (unpaired) electrons. The molecule has 0 saturated carbocycles. The summed E-state index contributed by atoms with van der Waals surface area (Å²) in [5.41, 5.74) is 0.817. The van der Waals surface area contributed by atoms with Gasteiger partial charge in [0.25, 0.3) is 0 Å². The molecule has 2 saturated heterocycles. The standard InChI is InChI=1S/C20H20BrClN4O2/c21-15-4-1-2-6-17(15)26-9-7-14(20(26)28)19(27)25-12-10-24(11-13-25)18-16(22)5-3-8-23-18/h1-6,8,14H,7,9-13H2. The lowest BCUT2D eigenvalue weighted by Crippen LogP contribution is -2.51. The van der Waals surface area contributed by atoms with Gasteiger partial charge in [-0.05, 0) is 46.6 Å². The predicted molar refractivity (Wildman–Crippen MR) is 113 cm³/mol. The minimum absolute atomic E-state index is 0.0775. The number of nitrogens with zero attached hydrogens (tertiary/aromatic N) is 4. The van der Waals surface area contributed by atoms with Crippen molar-refractivity contribution in [1.82, 2.24) is 9.88 Å². The Kier molecular flexibility index (Phi) is 5.55. The van der Waals surface area contributed by atoms with Crippen molar-refractivity contribution in [3.05, 3.63) is 52.1 Å². The molecular formula is C20H20BrClN4O2. The average molecular weight is 464 g/mol. The molecule has 0 aliphatic carbocycles. The molecule has 2 amide bonds. The Bertz CT molecular complexity index is 901. The van der Waals surface area contributed by atoms with Gasteiger partial charge in [0.2, 0.25) is 11.8 Å². The first-order chi connectivity index (χ1) is 13.6. The Morgan fingerprint density at radius 1 is 1.07 bits per heavy atom. The lowest BCUT2D eigenvalue weighted by molar-refractivity contribution is -0.140. The average Bonchev–Trinajstić information content (AvgIpc) is 3.09. The van der Waals surface area contributed by atoms with Gasteiger partial charge in [-0.3, -0.25) is 9.59 Å². The number of hydrogen-bond acceptors (Lipinski definition) is 4. The van der Waals surface area contributed by atoms with Gasteiger partial charge < -0.3 is 14.7 Å². The molecule has 0 spiro atoms. The summed E-state index contributed by atoms with van der Waals surface area (Å²) in [5.74, 6) is -0.0520. The van der Waals surface area contributed by atoms with Crippen molar-refractivity contribution in [1.29, 1.82) is 0 Å². The second kappa shape index (κ2) is 8.09. The van der Waals surface area contributed by atoms with Gasteiger partial charge in [-0.2, -0.15) is 0 Å². The molecule has 0 bridgehead atoms. The first-order valence-electron chi connectivity index (χ1n) is 9.26. The molecule has 0 N–H and O–H groups in total. The number of carbonyl (C=O) groups is 2. The normalized spacial score (nSPS) is 20.0. The molecule has 2 fully saturated rings. The van der Waals surface area contributed by atoms with Gasteiger partial charge >= 0.3 is 0 Å². The van der Waals surface area contributed by atoms with E-state index in [1.807, 2.05) is 30.3 Å². The highest BCUT2D eigenvalue weighted by Crippen LogP contribution is 2.32. The molecule has 1 aromatic heterocycles. The smallest absolute Gasteiger partial charge is 0.239 e. The minimum Gasteiger partial charge on any atom is -0.352 e. The lowest BCUT2D eigenvalue weighted by atomic mass is 10.1. The molecule has 2 aliphatic rings. The number of halogens is 2. The highest BCUT2D eigenvalue weighted by atomic mass is 79.9. The van der Waals surface area contributed by atoms with Crippen LogP contribution in [0.15, 0.2) is 47.1 Å². The van der Waals surface area contributed by atoms with E-state index in [9.17, 15) is 9.59 Å². The van der Waals surface area contributed by atoms with E-state index >= 15 is 0 Å². The van der Waals surface area contributed by atoms with Crippen LogP contribution in [-0.4, -0.2) is 54.4 Å². The molecule has 2 aliphatic heterocycles. The number of carbonyl (C=O) groups excluding carboxylic acids is 2. The van der Waals surface area contributed by atoms with Gasteiger partial charge in [-0.25, -0.2) is 4.98 Å². The van der Waals surface area contributed by atoms with Crippen LogP contribution in [0.1, 0.15) is 6.42 Å². The Balaban J connectivity index is 1.40. The third-order valence-corrected chi connectivity index (χ3v) is 6.24. The van der Waals surface area contributed by atoms with E-state index in [0.29, 0.717) is 44.2 Å². The van der Waals surface area contributed by atoms with E-state index in [0.717, 1.165) is 16.0 Å². The Morgan fingerprint density at radius 2 is 1.82 bits per heavy atom. The van der Waals surface area contributed by atoms with Gasteiger partial charge in [-0.15, -0.1) is 0 Å². The fraction of sp³-hybridized carbons (Fsp3) is 0.350. The number of anilines is 2. The Hall–Kier alpha value is -2.12. The quantitative estimate of drug-likeness (QED) is 0.656. The highest BCUT2D eigenvalue weighted by molar-refractivity contribution is 9.10. The summed E-state index contributed by atoms with van der Waals surface area (Å²) in [7, 11) is 0. The molecule has 8 heteroatoms. The summed E-state index contributed by atoms with van der Waals surface area (Å²) in [5, 5.41) is 0.609. The molecule has 146 valence electrons. The summed E-state index contributed by atoms with van der Waals surface area (Å²) in [6.45, 7) is 2.98. The van der Waals surface area contributed by atoms with Crippen molar-refractivity contribution >= 4 is 50.9 Å². The fourth-order valence-electron chi connectivity index (χ4n) is 3.79. The number of amides is 2. The molecule has 2 aromatic rings. The molecule has 28 heavy (non-hydrogen) atoms. The molecular weight excluding hydrogens is 444 g/mol. The zero-order valence-corrected chi connectivity index (χ0v) is 17.6. The Morgan fingerprint density at radius 3 is 2.54 bits per heavy atom. The second-order valence-electron chi connectivity index (χ2n) is 6.90. The van der Waals surface area contributed by atoms with Crippen LogP contribution in [0.4, 0.5) is 11.5 Å². The number of aromatic nitrogens is 1. The van der Waals surface area contributed by atoms with Crippen LogP contribution >= 0.6 is 27.5 Å². The molecule has 1 atom stereocenters. The first kappa shape index (κ1) is 19.2. The van der Waals surface area contributed by atoms with Gasteiger partial charge in [0.1, 0.15) is 11.7 Å². The van der Waals surface area contributed by atoms with Crippen molar-refractivity contribution in [3.8, 4) is 0 Å². The van der Waals surface area contributed by atoms with Crippen molar-refractivity contribution in [2.75, 3.05) is 42.5 Å². The van der Waals surface area contributed by atoms with Crippen LogP contribution < -0.4 is 9.80 Å². The number of hydrogen-bond donors (Lipinski definition) is 0. The van der Waals surface area contributed by atoms with Gasteiger partial charge in [0.15, 0.2) is 0 Å². The number of para-hydroxylation sites is 1. The van der Waals surface area contributed by atoms with Crippen molar-refractivity contribution < 1.29 is 9.59 Å². The Labute approximate surface area is 177 Å². The van der Waals surface area contributed by atoms with Crippen LogP contribution in [0.3, 0.4) is 0 Å². The summed E-state index contributed by atoms with van der Waals surface area (Å²) < 4.78 is 0.859. The summed E-state index contributed by atoms with van der Waals surface area (Å²) in [4.78, 5) is 35.8. The van der Waals surface area contributed by atoms with Gasteiger partial charge in [-0.1, -0.05) is 23.7 Å². The van der Waals surface area contributed by atoms with E-state index in [-0.39, 0.29) is 11.8 Å². The number of rotatable bonds is 3. The van der Waals surface area contributed by atoms with E-state index in [4.69, 9.17) is 11.6 Å². The van der Waals surface area contributed by atoms with Crippen LogP contribution in [0.25, 0.3) is 0 Å². The number of piperazine rings is 1. The topological polar surface area (TPSA) is 56.8 Å². The van der Waals surface area contributed by atoms with E-state index in [2.05, 4.69) is 25.8 Å². The number of pyridine rings is 1. The second-order valence-corrected chi connectivity index (χ2v) is 8.17. The van der Waals surface area contributed by atoms with Gasteiger partial charge in [0, 0.05) is 43.4 Å². The zero-order valence-electron chi connectivity index (χ0n) is 15.2. The molecule has 1 unspecified atom stereocenters. The monoisotopic (exact) mass is 462 g/mol. The molecule has 6 nitrogen and oxygen atoms in total. The third kappa shape index (κ3) is 3.61. The maximum Gasteiger partial charge on any atom is 0.239 e. The van der Waals surface area contributed by atoms with Gasteiger partial charge in [0.05, 0.1) is 10.7 Å². The molecule has 1 aromatic carbocycles. The van der Waals surface area contributed by atoms with Crippen LogP contribution in [0, 0.1) is 5.92 Å². The van der Waals surface area contributed by atoms with Crippen molar-refractivity contribution in [2.45, 2.75) is 6.42 Å². The summed E-state index contributed by atoms with van der Waals surface area (Å²) in [6.07, 6.45) is 2.26. The molecule has 4 rings (SSSR count). The van der Waals surface area contributed by atoms with E-state index in [1.165, 1.54) is 0 Å². The van der Waals surface area contributed by atoms with Crippen LogP contribution in [0.5, 0.6) is 0 Å². The van der Waals surface area contributed by atoms with Crippen LogP contribution in [-0.2, 0) is 9.59 Å². The predicted octanol–water partition coefficient (Wildman–Crippen LogP) is 3.20. The first-order valence-corrected chi connectivity index (χ1v) is 10.4. The molecule has 3 heterocycles. The zero-order chi connectivity index (χ0) is 19.7. The fourth-order valence-corrected chi connectivity index (χ4v) is 4.53. The largest absolute Gasteiger partial charge is 0.352 e. The SMILES string of the molecule is O=C(C1CCN(c2ccccc2Br)C1=O)N1CCN(c2ncccc2Cl)CC1. The maximum atomic E-state index is 13.0. The van der Waals surface area contributed by atoms with Crippen molar-refractivity contribution in [3.63, 3.8) is 0 Å². The van der Waals surface area contributed by atoms with Crippen LogP contribution in [0.2, 0.25) is 5.02 Å². The van der Waals surface area contributed by atoms with E-state index < -0.39 is 5.92 Å². The lowest BCUT2D eigenvalue weighted by Gasteiger charge is -2.36. The highest BCUT2D eigenvalue weighted by Gasteiger charge is 2.40. The van der Waals surface area contributed by atoms with E-state index in [1.54, 1.807) is 22.1 Å². The van der Waals surface area contributed by atoms with Crippen molar-refractivity contribution in [2.24, 2.45) is 5.92 Å². The summed E-state index contributed by atoms with van der Waals surface area (Å²) >= 11 is 9.72. The minimum atomic E-state index is -0.600. The maximum absolute atomic E-state index is 13.0. The third-order valence-electron chi connectivity index (χ3n) is 5.28. The number of benzene rings is 1.